The molecule has 0 radical (unpaired) electrons. The lowest BCUT2D eigenvalue weighted by Crippen LogP contribution is -2.25. The van der Waals surface area contributed by atoms with E-state index in [1.165, 1.54) is 38.5 Å². The van der Waals surface area contributed by atoms with Crippen LogP contribution in [0.5, 0.6) is 0 Å². The SMILES string of the molecule is CCCCCCCCCCNC(=O)c1n[nH]c(CC)c1[N+](=O)[O-]. The molecule has 0 bridgehead atoms. The molecule has 1 aromatic rings. The number of rotatable bonds is 12. The van der Waals surface area contributed by atoms with E-state index in [0.29, 0.717) is 18.7 Å². The summed E-state index contributed by atoms with van der Waals surface area (Å²) in [6.45, 7) is 4.51. The molecule has 0 saturated carbocycles. The lowest BCUT2D eigenvalue weighted by atomic mass is 10.1. The molecule has 2 N–H and O–H groups in total. The summed E-state index contributed by atoms with van der Waals surface area (Å²) in [5.41, 5.74) is 0.0552. The highest BCUT2D eigenvalue weighted by atomic mass is 16.6. The lowest BCUT2D eigenvalue weighted by molar-refractivity contribution is -0.385. The minimum absolute atomic E-state index is 0.119. The van der Waals surface area contributed by atoms with E-state index >= 15 is 0 Å². The maximum Gasteiger partial charge on any atom is 0.322 e. The Balaban J connectivity index is 2.27. The van der Waals surface area contributed by atoms with Crippen molar-refractivity contribution >= 4 is 11.6 Å². The van der Waals surface area contributed by atoms with Crippen LogP contribution in [-0.2, 0) is 6.42 Å². The summed E-state index contributed by atoms with van der Waals surface area (Å²) in [7, 11) is 0. The molecule has 0 aliphatic carbocycles. The van der Waals surface area contributed by atoms with Crippen molar-refractivity contribution in [2.45, 2.75) is 71.6 Å². The Hall–Kier alpha value is -1.92. The van der Waals surface area contributed by atoms with Crippen molar-refractivity contribution in [3.63, 3.8) is 0 Å². The largest absolute Gasteiger partial charge is 0.350 e. The molecule has 1 aromatic heterocycles. The number of H-pyrrole nitrogens is 1. The number of unbranched alkanes of at least 4 members (excludes halogenated alkanes) is 7. The zero-order chi connectivity index (χ0) is 17.1. The van der Waals surface area contributed by atoms with Gasteiger partial charge in [-0.25, -0.2) is 0 Å². The van der Waals surface area contributed by atoms with Gasteiger partial charge in [-0.3, -0.25) is 20.0 Å². The molecule has 0 aliphatic heterocycles. The van der Waals surface area contributed by atoms with Crippen molar-refractivity contribution < 1.29 is 9.72 Å². The molecule has 1 amide bonds. The van der Waals surface area contributed by atoms with Crippen LogP contribution in [0.4, 0.5) is 5.69 Å². The third-order valence-electron chi connectivity index (χ3n) is 3.88. The maximum atomic E-state index is 12.0. The molecule has 0 unspecified atom stereocenters. The molecule has 7 nitrogen and oxygen atoms in total. The van der Waals surface area contributed by atoms with E-state index < -0.39 is 10.8 Å². The number of nitrogens with zero attached hydrogens (tertiary/aromatic N) is 2. The van der Waals surface area contributed by atoms with Crippen LogP contribution in [0.1, 0.15) is 81.4 Å². The van der Waals surface area contributed by atoms with Gasteiger partial charge in [-0.15, -0.1) is 0 Å². The van der Waals surface area contributed by atoms with Gasteiger partial charge in [0.2, 0.25) is 5.69 Å². The van der Waals surface area contributed by atoms with E-state index in [-0.39, 0.29) is 11.4 Å². The van der Waals surface area contributed by atoms with Crippen LogP contribution in [0.2, 0.25) is 0 Å². The predicted octanol–water partition coefficient (Wildman–Crippen LogP) is 3.75. The van der Waals surface area contributed by atoms with Gasteiger partial charge in [-0.1, -0.05) is 58.8 Å². The van der Waals surface area contributed by atoms with Crippen molar-refractivity contribution in [2.75, 3.05) is 6.54 Å². The molecular formula is C16H28N4O3. The normalized spacial score (nSPS) is 10.7. The van der Waals surface area contributed by atoms with Gasteiger partial charge in [-0.05, 0) is 12.8 Å². The van der Waals surface area contributed by atoms with E-state index in [1.54, 1.807) is 6.92 Å². The summed E-state index contributed by atoms with van der Waals surface area (Å²) in [5, 5.41) is 20.1. The fourth-order valence-corrected chi connectivity index (χ4v) is 2.52. The minimum Gasteiger partial charge on any atom is -0.350 e. The Kier molecular flexibility index (Phi) is 8.94. The van der Waals surface area contributed by atoms with Gasteiger partial charge < -0.3 is 5.32 Å². The number of hydrogen-bond donors (Lipinski definition) is 2. The predicted molar refractivity (Wildman–Crippen MR) is 89.6 cm³/mol. The van der Waals surface area contributed by atoms with Crippen LogP contribution >= 0.6 is 0 Å². The Morgan fingerprint density at radius 1 is 1.13 bits per heavy atom. The summed E-state index contributed by atoms with van der Waals surface area (Å²) >= 11 is 0. The van der Waals surface area contributed by atoms with Crippen LogP contribution in [0.3, 0.4) is 0 Å². The molecule has 0 saturated heterocycles. The third kappa shape index (κ3) is 6.38. The van der Waals surface area contributed by atoms with Gasteiger partial charge in [0.25, 0.3) is 5.91 Å². The zero-order valence-corrected chi connectivity index (χ0v) is 14.2. The second-order valence-electron chi connectivity index (χ2n) is 5.74. The Morgan fingerprint density at radius 3 is 2.30 bits per heavy atom. The van der Waals surface area contributed by atoms with Crippen molar-refractivity contribution in [1.29, 1.82) is 0 Å². The van der Waals surface area contributed by atoms with Crippen LogP contribution in [0, 0.1) is 10.1 Å². The topological polar surface area (TPSA) is 101 Å². The summed E-state index contributed by atoms with van der Waals surface area (Å²) in [5.74, 6) is -0.476. The van der Waals surface area contributed by atoms with Crippen LogP contribution < -0.4 is 5.32 Å². The van der Waals surface area contributed by atoms with Crippen LogP contribution in [0.15, 0.2) is 0 Å². The van der Waals surface area contributed by atoms with Gasteiger partial charge in [-0.2, -0.15) is 5.10 Å². The summed E-state index contributed by atoms with van der Waals surface area (Å²) in [6, 6.07) is 0. The number of amides is 1. The first kappa shape index (κ1) is 19.1. The van der Waals surface area contributed by atoms with Gasteiger partial charge in [0.1, 0.15) is 5.69 Å². The van der Waals surface area contributed by atoms with E-state index in [2.05, 4.69) is 22.4 Å². The molecule has 1 heterocycles. The minimum atomic E-state index is -0.548. The van der Waals surface area contributed by atoms with Crippen molar-refractivity contribution in [3.05, 3.63) is 21.5 Å². The number of aromatic nitrogens is 2. The summed E-state index contributed by atoms with van der Waals surface area (Å²) in [6.07, 6.45) is 9.93. The fraction of sp³-hybridized carbons (Fsp3) is 0.750. The number of carbonyl (C=O) groups excluding carboxylic acids is 1. The maximum absolute atomic E-state index is 12.0. The van der Waals surface area contributed by atoms with Crippen molar-refractivity contribution in [1.82, 2.24) is 15.5 Å². The number of aryl methyl sites for hydroxylation is 1. The quantitative estimate of drug-likeness (QED) is 0.347. The Morgan fingerprint density at radius 2 is 1.74 bits per heavy atom. The first-order chi connectivity index (χ1) is 11.1. The molecule has 130 valence electrons. The van der Waals surface area contributed by atoms with E-state index in [0.717, 1.165) is 12.8 Å². The van der Waals surface area contributed by atoms with E-state index in [9.17, 15) is 14.9 Å². The first-order valence-corrected chi connectivity index (χ1v) is 8.61. The molecular weight excluding hydrogens is 296 g/mol. The molecule has 7 heteroatoms. The van der Waals surface area contributed by atoms with Crippen LogP contribution in [-0.4, -0.2) is 27.6 Å². The van der Waals surface area contributed by atoms with Gasteiger partial charge in [0.15, 0.2) is 0 Å². The van der Waals surface area contributed by atoms with Crippen LogP contribution in [0.25, 0.3) is 0 Å². The molecule has 0 spiro atoms. The summed E-state index contributed by atoms with van der Waals surface area (Å²) < 4.78 is 0. The average Bonchev–Trinajstić information content (AvgIpc) is 2.97. The molecule has 0 atom stereocenters. The second kappa shape index (κ2) is 10.7. The number of carbonyl (C=O) groups is 1. The number of hydrogen-bond acceptors (Lipinski definition) is 4. The Labute approximate surface area is 137 Å². The highest BCUT2D eigenvalue weighted by Crippen LogP contribution is 2.21. The standard InChI is InChI=1S/C16H28N4O3/c1-3-5-6-7-8-9-10-11-12-17-16(21)14-15(20(22)23)13(4-2)18-19-14/h3-12H2,1-2H3,(H,17,21)(H,18,19). The Bertz CT molecular complexity index is 500. The fourth-order valence-electron chi connectivity index (χ4n) is 2.52. The molecule has 0 fully saturated rings. The number of nitrogens with one attached hydrogen (secondary N) is 2. The second-order valence-corrected chi connectivity index (χ2v) is 5.74. The monoisotopic (exact) mass is 324 g/mol. The number of nitro groups is 1. The van der Waals surface area contributed by atoms with Gasteiger partial charge >= 0.3 is 5.69 Å². The van der Waals surface area contributed by atoms with Gasteiger partial charge in [0, 0.05) is 6.54 Å². The number of aromatic amines is 1. The molecule has 0 aliphatic rings. The van der Waals surface area contributed by atoms with Crippen molar-refractivity contribution in [3.8, 4) is 0 Å². The highest BCUT2D eigenvalue weighted by Gasteiger charge is 2.27. The van der Waals surface area contributed by atoms with E-state index in [1.807, 2.05) is 0 Å². The summed E-state index contributed by atoms with van der Waals surface area (Å²) in [4.78, 5) is 22.5. The smallest absolute Gasteiger partial charge is 0.322 e. The molecule has 0 aromatic carbocycles. The average molecular weight is 324 g/mol. The first-order valence-electron chi connectivity index (χ1n) is 8.61. The molecule has 1 rings (SSSR count). The molecule has 23 heavy (non-hydrogen) atoms. The lowest BCUT2D eigenvalue weighted by Gasteiger charge is -2.04. The van der Waals surface area contributed by atoms with Crippen molar-refractivity contribution in [2.24, 2.45) is 0 Å². The van der Waals surface area contributed by atoms with E-state index in [4.69, 9.17) is 0 Å². The highest BCUT2D eigenvalue weighted by molar-refractivity contribution is 5.96. The zero-order valence-electron chi connectivity index (χ0n) is 14.2. The third-order valence-corrected chi connectivity index (χ3v) is 3.88. The van der Waals surface area contributed by atoms with Gasteiger partial charge in [0.05, 0.1) is 4.92 Å².